The summed E-state index contributed by atoms with van der Waals surface area (Å²) in [4.78, 5) is 51.5. The molecule has 9 heterocycles. The highest BCUT2D eigenvalue weighted by molar-refractivity contribution is 5.74. The topological polar surface area (TPSA) is 779 Å². The number of rotatable bonds is 29. The molecule has 648 valence electrons. The van der Waals surface area contributed by atoms with Crippen molar-refractivity contribution in [3.63, 3.8) is 0 Å². The Hall–Kier alpha value is -3.80. The highest BCUT2D eigenvalue weighted by atomic mass is 16.8. The van der Waals surface area contributed by atoms with E-state index < -0.39 is 359 Å². The zero-order chi connectivity index (χ0) is 82.5. The van der Waals surface area contributed by atoms with Gasteiger partial charge in [-0.2, -0.15) is 0 Å². The minimum atomic E-state index is -2.60. The number of aliphatic hydroxyl groups excluding tert-OH is 25. The van der Waals surface area contributed by atoms with E-state index in [0.29, 0.717) is 0 Å². The van der Waals surface area contributed by atoms with E-state index in [-0.39, 0.29) is 0 Å². The summed E-state index contributed by atoms with van der Waals surface area (Å²) in [6, 6.07) is -7.59. The summed E-state index contributed by atoms with van der Waals surface area (Å²) in [5.41, 5.74) is 0. The van der Waals surface area contributed by atoms with Crippen LogP contribution in [0.1, 0.15) is 27.7 Å². The second-order valence-electron chi connectivity index (χ2n) is 28.2. The van der Waals surface area contributed by atoms with Crippen molar-refractivity contribution in [2.45, 2.75) is 304 Å². The zero-order valence-corrected chi connectivity index (χ0v) is 60.1. The Morgan fingerprint density at radius 1 is 0.232 bits per heavy atom. The number of amides is 4. The van der Waals surface area contributed by atoms with E-state index in [2.05, 4.69) is 21.3 Å². The molecular weight excluding hydrogens is 1540 g/mol. The van der Waals surface area contributed by atoms with E-state index in [4.69, 9.17) is 80.5 Å². The highest BCUT2D eigenvalue weighted by Crippen LogP contribution is 2.41. The van der Waals surface area contributed by atoms with Crippen LogP contribution in [0, 0.1) is 0 Å². The average Bonchev–Trinajstić information content (AvgIpc) is 0.762. The molecule has 9 rings (SSSR count). The van der Waals surface area contributed by atoms with Crippen molar-refractivity contribution in [2.24, 2.45) is 0 Å². The summed E-state index contributed by atoms with van der Waals surface area (Å²) in [6.45, 7) is -6.19. The summed E-state index contributed by atoms with van der Waals surface area (Å²) < 4.78 is 101. The maximum atomic E-state index is 13.2. The van der Waals surface area contributed by atoms with Crippen LogP contribution in [0.3, 0.4) is 0 Å². The predicted molar refractivity (Wildman–Crippen MR) is 343 cm³/mol. The molecule has 9 aliphatic heterocycles. The van der Waals surface area contributed by atoms with Crippen molar-refractivity contribution in [3.05, 3.63) is 0 Å². The summed E-state index contributed by atoms with van der Waals surface area (Å²) in [7, 11) is 0. The van der Waals surface area contributed by atoms with Crippen LogP contribution in [0.4, 0.5) is 0 Å². The van der Waals surface area contributed by atoms with Crippen molar-refractivity contribution >= 4 is 23.6 Å². The molecular formula is C62H104N4O46. The summed E-state index contributed by atoms with van der Waals surface area (Å²) in [5.74, 6) is -3.72. The van der Waals surface area contributed by atoms with Crippen molar-refractivity contribution in [2.75, 3.05) is 59.5 Å². The van der Waals surface area contributed by atoms with Crippen LogP contribution in [0.2, 0.25) is 0 Å². The van der Waals surface area contributed by atoms with E-state index in [1.807, 2.05) is 0 Å². The standard InChI is InChI=1S/C62H104N4O46/c1-14(75)63-27-36(84)47(22(9-71)97-54(27)95)106-55-28(64-15(2)76)37(85)49(24(11-73)102-55)109-61-46(94)52(35(83)26(105-61)13-96-58-42(90)39(87)31(79)18(5-67)99-58)111-62-53(112-56-29(65-16(3)77)38(86)48(23(10-72)103-56)108-59-43(91)40(88)32(80)19(6-68)100-59)45(93)50(25(12-74)104-62)107-57-30(66-17(4)78)51(34(82)21(8-70)98-57)110-60-44(92)41(89)33(81)20(7-69)101-60/h18-62,67-74,79-95H,5-13H2,1-4H3,(H,63,75)(H,64,76)(H,65,77)(H,66,78)/t18-,19-,20-,21-,22-,23-,24-,25-,26-,27-,28-,29-,30-,31-,32+,33+,34-,35-,36-,37-,38-,39+,40+,41+,42+,43-,44-,45+,46+,47-,48-,49-,50-,51-,52+,53+,54-,55+,56+,57+,58+,59+,60+,61+,62-/m1/s1. The van der Waals surface area contributed by atoms with E-state index in [9.17, 15) is 147 Å². The maximum absolute atomic E-state index is 13.2. The first kappa shape index (κ1) is 92.1. The van der Waals surface area contributed by atoms with Crippen LogP contribution in [0.25, 0.3) is 0 Å². The molecule has 9 saturated heterocycles. The van der Waals surface area contributed by atoms with Gasteiger partial charge < -0.3 is 229 Å². The van der Waals surface area contributed by atoms with Crippen molar-refractivity contribution in [1.82, 2.24) is 21.3 Å². The first-order valence-electron chi connectivity index (χ1n) is 35.6. The van der Waals surface area contributed by atoms with E-state index >= 15 is 0 Å². The number of carbonyl (C=O) groups is 4. The zero-order valence-electron chi connectivity index (χ0n) is 60.1. The minimum absolute atomic E-state index is 0.786. The van der Waals surface area contributed by atoms with Crippen molar-refractivity contribution < 1.29 is 227 Å². The lowest BCUT2D eigenvalue weighted by molar-refractivity contribution is -0.406. The number of aliphatic hydroxyl groups is 25. The molecule has 112 heavy (non-hydrogen) atoms. The molecule has 0 aromatic carbocycles. The number of carbonyl (C=O) groups excluding carboxylic acids is 4. The molecule has 4 amide bonds. The summed E-state index contributed by atoms with van der Waals surface area (Å²) in [5, 5.41) is 287. The van der Waals surface area contributed by atoms with Gasteiger partial charge in [0.05, 0.1) is 59.5 Å². The number of hydrogen-bond acceptors (Lipinski definition) is 46. The average molecular weight is 1640 g/mol. The molecule has 0 aromatic heterocycles. The Morgan fingerprint density at radius 3 is 0.920 bits per heavy atom. The molecule has 45 atom stereocenters. The second kappa shape index (κ2) is 40.3. The van der Waals surface area contributed by atoms with Crippen LogP contribution >= 0.6 is 0 Å². The van der Waals surface area contributed by atoms with Gasteiger partial charge in [-0.1, -0.05) is 0 Å². The molecule has 0 unspecified atom stereocenters. The lowest BCUT2D eigenvalue weighted by atomic mass is 9.93. The highest BCUT2D eigenvalue weighted by Gasteiger charge is 2.62. The second-order valence-corrected chi connectivity index (χ2v) is 28.2. The Bertz CT molecular complexity index is 2970. The lowest BCUT2D eigenvalue weighted by Gasteiger charge is -2.52. The molecule has 0 aromatic rings. The monoisotopic (exact) mass is 1640 g/mol. The molecule has 9 fully saturated rings. The van der Waals surface area contributed by atoms with Gasteiger partial charge in [0.1, 0.15) is 219 Å². The van der Waals surface area contributed by atoms with Crippen LogP contribution in [0.5, 0.6) is 0 Å². The van der Waals surface area contributed by atoms with Crippen molar-refractivity contribution in [1.29, 1.82) is 0 Å². The fourth-order valence-corrected chi connectivity index (χ4v) is 14.5. The third kappa shape index (κ3) is 20.2. The lowest BCUT2D eigenvalue weighted by Crippen LogP contribution is -2.71. The fraction of sp³-hybridized carbons (Fsp3) is 0.935. The Labute approximate surface area is 634 Å². The Balaban J connectivity index is 1.10. The number of hydrogen-bond donors (Lipinski definition) is 29. The first-order valence-corrected chi connectivity index (χ1v) is 35.6. The van der Waals surface area contributed by atoms with Gasteiger partial charge in [-0.05, 0) is 0 Å². The molecule has 29 N–H and O–H groups in total. The molecule has 50 nitrogen and oxygen atoms in total. The fourth-order valence-electron chi connectivity index (χ4n) is 14.5. The van der Waals surface area contributed by atoms with Gasteiger partial charge in [0.2, 0.25) is 23.6 Å². The number of nitrogens with one attached hydrogen (secondary N) is 4. The van der Waals surface area contributed by atoms with Gasteiger partial charge in [0, 0.05) is 27.7 Å². The third-order valence-corrected chi connectivity index (χ3v) is 20.4. The summed E-state index contributed by atoms with van der Waals surface area (Å²) in [6.07, 6.45) is -86.4. The summed E-state index contributed by atoms with van der Waals surface area (Å²) >= 11 is 0. The molecule has 0 spiro atoms. The normalized spacial score (nSPS) is 48.9. The van der Waals surface area contributed by atoms with Gasteiger partial charge in [0.15, 0.2) is 56.6 Å². The van der Waals surface area contributed by atoms with Gasteiger partial charge in [0.25, 0.3) is 0 Å². The van der Waals surface area contributed by atoms with Gasteiger partial charge in [-0.25, -0.2) is 0 Å². The molecule has 0 bridgehead atoms. The quantitative estimate of drug-likeness (QED) is 0.0331. The molecule has 9 aliphatic rings. The van der Waals surface area contributed by atoms with Gasteiger partial charge >= 0.3 is 0 Å². The van der Waals surface area contributed by atoms with Crippen LogP contribution < -0.4 is 21.3 Å². The van der Waals surface area contributed by atoms with Gasteiger partial charge in [-0.3, -0.25) is 19.2 Å². The molecule has 50 heteroatoms. The van der Waals surface area contributed by atoms with Crippen LogP contribution in [-0.2, 0) is 99.7 Å². The molecule has 0 aliphatic carbocycles. The predicted octanol–water partition coefficient (Wildman–Crippen LogP) is -20.1. The SMILES string of the molecule is CC(=O)N[C@@H]1[C@@H](O)[C@H](O[C@@H]2O[C@H](CO)[C@@H](O[C@@H]3O[C@H](CO[C@H]4O[C@H](CO)[C@@H](O)[C@H](O)[C@@H]4O)[C@@H](O)[C@H](O[C@H]4O[C@H](CO)[C@@H](O[C@@H]5O[C@H](CO)[C@@H](O)[C@H](O[C@@H]6O[C@H](CO)[C@H](O)[C@H](O)[C@H]6O)[C@H]5NC(C)=O)[C@H](O)[C@@H]4O[C@@H]4O[C@H](CO)[C@@H](O[C@@H]5O[C@H](CO)[C@H](O)[C@H](O)[C@H]5O)[C@H](O)[C@H]4NC(C)=O)[C@@H]3O)[C@H](O)[C@H]2NC(C)=O)[C@@H](CO)O[C@H]1O. The molecule has 0 saturated carbocycles. The van der Waals surface area contributed by atoms with E-state index in [1.165, 1.54) is 0 Å². The largest absolute Gasteiger partial charge is 0.394 e. The smallest absolute Gasteiger partial charge is 0.217 e. The molecule has 0 radical (unpaired) electrons. The van der Waals surface area contributed by atoms with Crippen molar-refractivity contribution in [3.8, 4) is 0 Å². The minimum Gasteiger partial charge on any atom is -0.394 e. The van der Waals surface area contributed by atoms with E-state index in [0.717, 1.165) is 27.7 Å². The maximum Gasteiger partial charge on any atom is 0.217 e. The number of ether oxygens (including phenoxy) is 17. The Kier molecular flexibility index (Phi) is 33.1. The van der Waals surface area contributed by atoms with Crippen LogP contribution in [0.15, 0.2) is 0 Å². The van der Waals surface area contributed by atoms with E-state index in [1.54, 1.807) is 0 Å². The van der Waals surface area contributed by atoms with Crippen LogP contribution in [-0.4, -0.2) is 487 Å². The Morgan fingerprint density at radius 2 is 0.500 bits per heavy atom. The van der Waals surface area contributed by atoms with Gasteiger partial charge in [-0.15, -0.1) is 0 Å². The first-order chi connectivity index (χ1) is 53.0. The third-order valence-electron chi connectivity index (χ3n) is 20.4.